The van der Waals surface area contributed by atoms with Crippen LogP contribution in [0, 0.1) is 0 Å². The van der Waals surface area contributed by atoms with Gasteiger partial charge in [-0.05, 0) is 42.3 Å². The Morgan fingerprint density at radius 2 is 1.90 bits per heavy atom. The van der Waals surface area contributed by atoms with Crippen LogP contribution >= 0.6 is 15.9 Å². The van der Waals surface area contributed by atoms with Gasteiger partial charge >= 0.3 is 0 Å². The number of likely N-dealkylation sites (N-methyl/N-ethyl adjacent to an activating group) is 1. The molecule has 106 valence electrons. The molecule has 3 aromatic rings. The summed E-state index contributed by atoms with van der Waals surface area (Å²) in [7, 11) is 2.06. The van der Waals surface area contributed by atoms with Gasteiger partial charge in [-0.1, -0.05) is 15.9 Å². The summed E-state index contributed by atoms with van der Waals surface area (Å²) < 4.78 is 1.04. The van der Waals surface area contributed by atoms with E-state index in [9.17, 15) is 0 Å². The van der Waals surface area contributed by atoms with E-state index in [0.29, 0.717) is 0 Å². The SMILES string of the molecule is CN(CCc1ccncc1)c1ncnc2ccc(Br)cc12. The molecule has 21 heavy (non-hydrogen) atoms. The van der Waals surface area contributed by atoms with Crippen molar-refractivity contribution in [3.05, 3.63) is 59.1 Å². The normalized spacial score (nSPS) is 10.8. The zero-order valence-electron chi connectivity index (χ0n) is 11.7. The number of hydrogen-bond acceptors (Lipinski definition) is 4. The van der Waals surface area contributed by atoms with Gasteiger partial charge in [-0.2, -0.15) is 0 Å². The fourth-order valence-corrected chi connectivity index (χ4v) is 2.63. The van der Waals surface area contributed by atoms with E-state index >= 15 is 0 Å². The van der Waals surface area contributed by atoms with Gasteiger partial charge in [0.15, 0.2) is 0 Å². The minimum absolute atomic E-state index is 0.892. The number of anilines is 1. The van der Waals surface area contributed by atoms with Crippen LogP contribution in [0.25, 0.3) is 10.9 Å². The third-order valence-electron chi connectivity index (χ3n) is 3.42. The lowest BCUT2D eigenvalue weighted by atomic mass is 10.2. The van der Waals surface area contributed by atoms with Crippen molar-refractivity contribution >= 4 is 32.7 Å². The third-order valence-corrected chi connectivity index (χ3v) is 3.92. The predicted molar refractivity (Wildman–Crippen MR) is 88.4 cm³/mol. The van der Waals surface area contributed by atoms with Crippen molar-refractivity contribution < 1.29 is 0 Å². The number of halogens is 1. The number of rotatable bonds is 4. The highest BCUT2D eigenvalue weighted by atomic mass is 79.9. The molecule has 0 bridgehead atoms. The smallest absolute Gasteiger partial charge is 0.139 e. The first-order valence-corrected chi connectivity index (χ1v) is 7.53. The van der Waals surface area contributed by atoms with Crippen LogP contribution in [0.1, 0.15) is 5.56 Å². The maximum atomic E-state index is 4.44. The summed E-state index contributed by atoms with van der Waals surface area (Å²) in [6.07, 6.45) is 6.23. The van der Waals surface area contributed by atoms with Crippen LogP contribution < -0.4 is 4.90 Å². The highest BCUT2D eigenvalue weighted by molar-refractivity contribution is 9.10. The Morgan fingerprint density at radius 1 is 1.10 bits per heavy atom. The third kappa shape index (κ3) is 3.19. The summed E-state index contributed by atoms with van der Waals surface area (Å²) in [4.78, 5) is 15.0. The number of hydrogen-bond donors (Lipinski definition) is 0. The Balaban J connectivity index is 1.84. The molecule has 5 heteroatoms. The van der Waals surface area contributed by atoms with Crippen LogP contribution in [0.5, 0.6) is 0 Å². The summed E-state index contributed by atoms with van der Waals surface area (Å²) in [5.74, 6) is 0.954. The van der Waals surface area contributed by atoms with Crippen molar-refractivity contribution in [2.75, 3.05) is 18.5 Å². The monoisotopic (exact) mass is 342 g/mol. The number of aromatic nitrogens is 3. The van der Waals surface area contributed by atoms with Gasteiger partial charge in [0.25, 0.3) is 0 Å². The lowest BCUT2D eigenvalue weighted by Crippen LogP contribution is -2.21. The highest BCUT2D eigenvalue weighted by Gasteiger charge is 2.09. The summed E-state index contributed by atoms with van der Waals surface area (Å²) in [5.41, 5.74) is 2.23. The Labute approximate surface area is 132 Å². The molecule has 0 amide bonds. The van der Waals surface area contributed by atoms with Crippen molar-refractivity contribution in [2.24, 2.45) is 0 Å². The lowest BCUT2D eigenvalue weighted by Gasteiger charge is -2.19. The molecule has 4 nitrogen and oxygen atoms in total. The quantitative estimate of drug-likeness (QED) is 0.728. The largest absolute Gasteiger partial charge is 0.359 e. The van der Waals surface area contributed by atoms with Gasteiger partial charge in [0, 0.05) is 35.8 Å². The van der Waals surface area contributed by atoms with Crippen molar-refractivity contribution in [3.63, 3.8) is 0 Å². The second-order valence-corrected chi connectivity index (χ2v) is 5.80. The van der Waals surface area contributed by atoms with Gasteiger partial charge < -0.3 is 4.90 Å². The zero-order chi connectivity index (χ0) is 14.7. The number of benzene rings is 1. The molecular formula is C16H15BrN4. The zero-order valence-corrected chi connectivity index (χ0v) is 13.3. The molecule has 0 saturated heterocycles. The average Bonchev–Trinajstić information content (AvgIpc) is 2.53. The molecule has 0 atom stereocenters. The number of nitrogens with zero attached hydrogens (tertiary/aromatic N) is 4. The Bertz CT molecular complexity index is 746. The first-order chi connectivity index (χ1) is 10.2. The van der Waals surface area contributed by atoms with E-state index in [1.807, 2.05) is 36.7 Å². The van der Waals surface area contributed by atoms with Crippen LogP contribution in [0.15, 0.2) is 53.5 Å². The number of fused-ring (bicyclic) bond motifs is 1. The van der Waals surface area contributed by atoms with E-state index in [1.165, 1.54) is 5.56 Å². The molecule has 0 radical (unpaired) electrons. The second kappa shape index (κ2) is 6.18. The molecule has 2 heterocycles. The first-order valence-electron chi connectivity index (χ1n) is 6.74. The molecule has 0 spiro atoms. The van der Waals surface area contributed by atoms with Gasteiger partial charge in [-0.15, -0.1) is 0 Å². The molecule has 3 rings (SSSR count). The maximum absolute atomic E-state index is 4.44. The van der Waals surface area contributed by atoms with Crippen molar-refractivity contribution in [1.29, 1.82) is 0 Å². The Hall–Kier alpha value is -2.01. The van der Waals surface area contributed by atoms with Gasteiger partial charge in [-0.25, -0.2) is 9.97 Å². The van der Waals surface area contributed by atoms with Gasteiger partial charge in [0.2, 0.25) is 0 Å². The number of pyridine rings is 1. The van der Waals surface area contributed by atoms with E-state index in [-0.39, 0.29) is 0 Å². The maximum Gasteiger partial charge on any atom is 0.139 e. The van der Waals surface area contributed by atoms with Crippen molar-refractivity contribution in [3.8, 4) is 0 Å². The van der Waals surface area contributed by atoms with E-state index in [0.717, 1.165) is 34.2 Å². The Kier molecular flexibility index (Phi) is 4.10. The fourth-order valence-electron chi connectivity index (χ4n) is 2.27. The Morgan fingerprint density at radius 3 is 2.71 bits per heavy atom. The molecular weight excluding hydrogens is 328 g/mol. The van der Waals surface area contributed by atoms with E-state index < -0.39 is 0 Å². The minimum Gasteiger partial charge on any atom is -0.359 e. The van der Waals surface area contributed by atoms with Crippen LogP contribution in [0.3, 0.4) is 0 Å². The highest BCUT2D eigenvalue weighted by Crippen LogP contribution is 2.25. The predicted octanol–water partition coefficient (Wildman–Crippen LogP) is 3.47. The second-order valence-electron chi connectivity index (χ2n) is 4.89. The topological polar surface area (TPSA) is 41.9 Å². The van der Waals surface area contributed by atoms with Crippen molar-refractivity contribution in [2.45, 2.75) is 6.42 Å². The molecule has 1 aromatic carbocycles. The van der Waals surface area contributed by atoms with Gasteiger partial charge in [0.1, 0.15) is 12.1 Å². The first kappa shape index (κ1) is 13.9. The molecule has 0 aliphatic rings. The van der Waals surface area contributed by atoms with Crippen LogP contribution in [0.2, 0.25) is 0 Å². The standard InChI is InChI=1S/C16H15BrN4/c1-21(9-6-12-4-7-18-8-5-12)16-14-10-13(17)2-3-15(14)19-11-20-16/h2-5,7-8,10-11H,6,9H2,1H3. The van der Waals surface area contributed by atoms with Crippen molar-refractivity contribution in [1.82, 2.24) is 15.0 Å². The molecule has 0 N–H and O–H groups in total. The van der Waals surface area contributed by atoms with Crippen LogP contribution in [-0.4, -0.2) is 28.5 Å². The van der Waals surface area contributed by atoms with Crippen LogP contribution in [0.4, 0.5) is 5.82 Å². The van der Waals surface area contributed by atoms with Gasteiger partial charge in [0.05, 0.1) is 5.52 Å². The lowest BCUT2D eigenvalue weighted by molar-refractivity contribution is 0.860. The molecule has 0 saturated carbocycles. The van der Waals surface area contributed by atoms with Crippen LogP contribution in [-0.2, 0) is 6.42 Å². The van der Waals surface area contributed by atoms with E-state index in [4.69, 9.17) is 0 Å². The summed E-state index contributed by atoms with van der Waals surface area (Å²) >= 11 is 3.51. The molecule has 2 aromatic heterocycles. The summed E-state index contributed by atoms with van der Waals surface area (Å²) in [6, 6.07) is 10.1. The minimum atomic E-state index is 0.892. The molecule has 0 unspecified atom stereocenters. The van der Waals surface area contributed by atoms with E-state index in [2.05, 4.69) is 48.9 Å². The van der Waals surface area contributed by atoms with Gasteiger partial charge in [-0.3, -0.25) is 4.98 Å². The van der Waals surface area contributed by atoms with E-state index in [1.54, 1.807) is 6.33 Å². The molecule has 0 aliphatic heterocycles. The molecule has 0 aliphatic carbocycles. The summed E-state index contributed by atoms with van der Waals surface area (Å²) in [6.45, 7) is 0.892. The summed E-state index contributed by atoms with van der Waals surface area (Å²) in [5, 5.41) is 1.06. The average molecular weight is 343 g/mol. The fraction of sp³-hybridized carbons (Fsp3) is 0.188. The molecule has 0 fully saturated rings.